The summed E-state index contributed by atoms with van der Waals surface area (Å²) in [5.74, 6) is 0.965. The largest absolute Gasteiger partial charge is 0.381 e. The minimum absolute atomic E-state index is 0.0858. The van der Waals surface area contributed by atoms with E-state index in [2.05, 4.69) is 32.1 Å². The first-order chi connectivity index (χ1) is 12.1. The Balaban J connectivity index is 1.74. The van der Waals surface area contributed by atoms with Crippen LogP contribution >= 0.6 is 11.8 Å². The van der Waals surface area contributed by atoms with Gasteiger partial charge in [-0.25, -0.2) is 0 Å². The minimum Gasteiger partial charge on any atom is -0.381 e. The standard InChI is InChI=1S/C17H33N5O2S/c1-18-15(23)12-22-8-4-14(5-9-22)21-16(19-2)20-13-17(25-3)6-10-24-11-7-17/h14H,4-13H2,1-3H3,(H,18,23)(H2,19,20,21). The zero-order chi connectivity index (χ0) is 18.1. The summed E-state index contributed by atoms with van der Waals surface area (Å²) < 4.78 is 5.75. The van der Waals surface area contributed by atoms with E-state index in [-0.39, 0.29) is 10.7 Å². The summed E-state index contributed by atoms with van der Waals surface area (Å²) in [6.07, 6.45) is 6.40. The van der Waals surface area contributed by atoms with Crippen LogP contribution in [0.1, 0.15) is 25.7 Å². The van der Waals surface area contributed by atoms with Crippen LogP contribution in [0.25, 0.3) is 0 Å². The zero-order valence-electron chi connectivity index (χ0n) is 15.8. The van der Waals surface area contributed by atoms with Crippen molar-refractivity contribution in [3.8, 4) is 0 Å². The van der Waals surface area contributed by atoms with Crippen molar-refractivity contribution in [1.82, 2.24) is 20.9 Å². The number of likely N-dealkylation sites (tertiary alicyclic amines) is 1. The number of nitrogens with one attached hydrogen (secondary N) is 3. The van der Waals surface area contributed by atoms with Crippen LogP contribution < -0.4 is 16.0 Å². The predicted molar refractivity (Wildman–Crippen MR) is 104 cm³/mol. The van der Waals surface area contributed by atoms with Crippen molar-refractivity contribution in [2.45, 2.75) is 36.5 Å². The van der Waals surface area contributed by atoms with Gasteiger partial charge in [0.2, 0.25) is 5.91 Å². The molecule has 25 heavy (non-hydrogen) atoms. The summed E-state index contributed by atoms with van der Waals surface area (Å²) in [4.78, 5) is 18.1. The number of hydrogen-bond donors (Lipinski definition) is 3. The van der Waals surface area contributed by atoms with E-state index in [9.17, 15) is 4.79 Å². The number of likely N-dealkylation sites (N-methyl/N-ethyl adjacent to an activating group) is 1. The molecule has 0 aliphatic carbocycles. The second-order valence-corrected chi connectivity index (χ2v) is 8.07. The molecular formula is C17H33N5O2S. The van der Waals surface area contributed by atoms with Crippen LogP contribution in [0.2, 0.25) is 0 Å². The molecule has 2 heterocycles. The topological polar surface area (TPSA) is 78.0 Å². The van der Waals surface area contributed by atoms with E-state index < -0.39 is 0 Å². The second kappa shape index (κ2) is 10.2. The maximum atomic E-state index is 11.5. The third kappa shape index (κ3) is 6.34. The Morgan fingerprint density at radius 1 is 1.32 bits per heavy atom. The summed E-state index contributed by atoms with van der Waals surface area (Å²) in [5.41, 5.74) is 0. The number of hydrogen-bond acceptors (Lipinski definition) is 5. The number of nitrogens with zero attached hydrogens (tertiary/aromatic N) is 2. The summed E-state index contributed by atoms with van der Waals surface area (Å²) in [5, 5.41) is 9.75. The highest BCUT2D eigenvalue weighted by Crippen LogP contribution is 2.32. The van der Waals surface area contributed by atoms with E-state index in [0.29, 0.717) is 12.6 Å². The molecular weight excluding hydrogens is 338 g/mol. The molecule has 0 radical (unpaired) electrons. The van der Waals surface area contributed by atoms with Gasteiger partial charge in [0.1, 0.15) is 0 Å². The monoisotopic (exact) mass is 371 g/mol. The van der Waals surface area contributed by atoms with Gasteiger partial charge in [-0.2, -0.15) is 11.8 Å². The molecule has 2 saturated heterocycles. The molecule has 3 N–H and O–H groups in total. The van der Waals surface area contributed by atoms with Gasteiger partial charge in [-0.05, 0) is 31.9 Å². The molecule has 7 nitrogen and oxygen atoms in total. The number of ether oxygens (including phenoxy) is 1. The van der Waals surface area contributed by atoms with Gasteiger partial charge >= 0.3 is 0 Å². The fourth-order valence-electron chi connectivity index (χ4n) is 3.35. The van der Waals surface area contributed by atoms with E-state index in [4.69, 9.17) is 4.74 Å². The molecule has 2 fully saturated rings. The number of guanidine groups is 1. The summed E-state index contributed by atoms with van der Waals surface area (Å²) in [7, 11) is 3.51. The highest BCUT2D eigenvalue weighted by atomic mass is 32.2. The second-order valence-electron chi connectivity index (χ2n) is 6.79. The Hall–Kier alpha value is -0.990. The Bertz CT molecular complexity index is 446. The molecule has 1 amide bonds. The first-order valence-electron chi connectivity index (χ1n) is 9.14. The van der Waals surface area contributed by atoms with Gasteiger partial charge in [-0.3, -0.25) is 14.7 Å². The smallest absolute Gasteiger partial charge is 0.233 e. The fraction of sp³-hybridized carbons (Fsp3) is 0.882. The van der Waals surface area contributed by atoms with Crippen molar-refractivity contribution in [3.63, 3.8) is 0 Å². The van der Waals surface area contributed by atoms with Crippen molar-refractivity contribution in [3.05, 3.63) is 0 Å². The van der Waals surface area contributed by atoms with E-state index in [0.717, 1.165) is 64.5 Å². The van der Waals surface area contributed by atoms with Gasteiger partial charge in [0.25, 0.3) is 0 Å². The van der Waals surface area contributed by atoms with E-state index in [1.807, 2.05) is 18.8 Å². The van der Waals surface area contributed by atoms with Gasteiger partial charge in [0.05, 0.1) is 6.54 Å². The number of carbonyl (C=O) groups excluding carboxylic acids is 1. The van der Waals surface area contributed by atoms with Gasteiger partial charge in [-0.15, -0.1) is 0 Å². The molecule has 0 spiro atoms. The van der Waals surface area contributed by atoms with Crippen LogP contribution in [0.15, 0.2) is 4.99 Å². The number of amides is 1. The third-order valence-corrected chi connectivity index (χ3v) is 6.63. The van der Waals surface area contributed by atoms with Crippen molar-refractivity contribution in [1.29, 1.82) is 0 Å². The Morgan fingerprint density at radius 2 is 2.00 bits per heavy atom. The number of aliphatic imine (C=N–C) groups is 1. The van der Waals surface area contributed by atoms with Crippen molar-refractivity contribution >= 4 is 23.6 Å². The van der Waals surface area contributed by atoms with Crippen LogP contribution in [0.5, 0.6) is 0 Å². The summed E-state index contributed by atoms with van der Waals surface area (Å²) >= 11 is 1.93. The average Bonchev–Trinajstić information content (AvgIpc) is 2.67. The lowest BCUT2D eigenvalue weighted by atomic mass is 9.99. The molecule has 2 aliphatic rings. The Morgan fingerprint density at radius 3 is 2.56 bits per heavy atom. The molecule has 0 aromatic carbocycles. The van der Waals surface area contributed by atoms with Crippen LogP contribution in [0.3, 0.4) is 0 Å². The van der Waals surface area contributed by atoms with Crippen molar-refractivity contribution in [2.24, 2.45) is 4.99 Å². The summed E-state index contributed by atoms with van der Waals surface area (Å²) in [6.45, 7) is 4.97. The summed E-state index contributed by atoms with van der Waals surface area (Å²) in [6, 6.07) is 0.409. The lowest BCUT2D eigenvalue weighted by molar-refractivity contribution is -0.122. The zero-order valence-corrected chi connectivity index (χ0v) is 16.6. The normalized spacial score (nSPS) is 22.4. The molecule has 2 rings (SSSR count). The first-order valence-corrected chi connectivity index (χ1v) is 10.4. The Kier molecular flexibility index (Phi) is 8.32. The number of thioether (sulfide) groups is 1. The predicted octanol–water partition coefficient (Wildman–Crippen LogP) is 0.274. The highest BCUT2D eigenvalue weighted by Gasteiger charge is 2.32. The van der Waals surface area contributed by atoms with Crippen LogP contribution in [-0.2, 0) is 9.53 Å². The molecule has 0 aromatic heterocycles. The van der Waals surface area contributed by atoms with Gasteiger partial charge in [0, 0.05) is 57.7 Å². The van der Waals surface area contributed by atoms with Crippen molar-refractivity contribution in [2.75, 3.05) is 59.7 Å². The average molecular weight is 372 g/mol. The van der Waals surface area contributed by atoms with Gasteiger partial charge < -0.3 is 20.7 Å². The molecule has 0 atom stereocenters. The molecule has 0 unspecified atom stereocenters. The number of rotatable bonds is 6. The quantitative estimate of drug-likeness (QED) is 0.460. The molecule has 0 saturated carbocycles. The van der Waals surface area contributed by atoms with E-state index >= 15 is 0 Å². The number of piperidine rings is 1. The lowest BCUT2D eigenvalue weighted by Crippen LogP contribution is -2.52. The maximum absolute atomic E-state index is 11.5. The third-order valence-electron chi connectivity index (χ3n) is 5.21. The lowest BCUT2D eigenvalue weighted by Gasteiger charge is -2.37. The molecule has 0 aromatic rings. The fourth-order valence-corrected chi connectivity index (χ4v) is 4.14. The molecule has 144 valence electrons. The molecule has 2 aliphatic heterocycles. The Labute approximate surface area is 155 Å². The van der Waals surface area contributed by atoms with Crippen molar-refractivity contribution < 1.29 is 9.53 Å². The van der Waals surface area contributed by atoms with Gasteiger partial charge in [0.15, 0.2) is 5.96 Å². The van der Waals surface area contributed by atoms with E-state index in [1.54, 1.807) is 7.05 Å². The van der Waals surface area contributed by atoms with Crippen LogP contribution in [0, 0.1) is 0 Å². The first kappa shape index (κ1) is 20.3. The minimum atomic E-state index is 0.0858. The van der Waals surface area contributed by atoms with Gasteiger partial charge in [-0.1, -0.05) is 0 Å². The molecule has 8 heteroatoms. The van der Waals surface area contributed by atoms with E-state index in [1.165, 1.54) is 0 Å². The SMILES string of the molecule is CN=C(NCC1(SC)CCOCC1)NC1CCN(CC(=O)NC)CC1. The van der Waals surface area contributed by atoms with Crippen LogP contribution in [0.4, 0.5) is 0 Å². The number of carbonyl (C=O) groups is 1. The van der Waals surface area contributed by atoms with Crippen LogP contribution in [-0.4, -0.2) is 87.3 Å². The maximum Gasteiger partial charge on any atom is 0.233 e. The molecule has 0 bridgehead atoms. The highest BCUT2D eigenvalue weighted by molar-refractivity contribution is 8.00.